The number of amides is 1. The number of nitrogens with one attached hydrogen (secondary N) is 1. The summed E-state index contributed by atoms with van der Waals surface area (Å²) in [5.74, 6) is -0.388. The summed E-state index contributed by atoms with van der Waals surface area (Å²) in [5.41, 5.74) is 0.225. The van der Waals surface area contributed by atoms with E-state index in [2.05, 4.69) is 5.32 Å². The first-order chi connectivity index (χ1) is 9.65. The van der Waals surface area contributed by atoms with Crippen LogP contribution in [0.15, 0.2) is 18.2 Å². The molecule has 1 N–H and O–H groups in total. The smallest absolute Gasteiger partial charge is 0.240 e. The Morgan fingerprint density at radius 2 is 2.00 bits per heavy atom. The van der Waals surface area contributed by atoms with Crippen molar-refractivity contribution in [3.63, 3.8) is 0 Å². The fourth-order valence-corrected chi connectivity index (χ4v) is 3.05. The van der Waals surface area contributed by atoms with E-state index >= 15 is 0 Å². The second-order valence-electron chi connectivity index (χ2n) is 4.74. The molecule has 1 aromatic carbocycles. The van der Waals surface area contributed by atoms with Gasteiger partial charge >= 0.3 is 0 Å². The molecule has 0 unspecified atom stereocenters. The first-order valence-electron chi connectivity index (χ1n) is 6.37. The van der Waals surface area contributed by atoms with Crippen molar-refractivity contribution in [1.82, 2.24) is 5.32 Å². The van der Waals surface area contributed by atoms with Crippen LogP contribution >= 0.6 is 23.2 Å². The molecule has 21 heavy (non-hydrogen) atoms. The van der Waals surface area contributed by atoms with Crippen LogP contribution in [0.2, 0.25) is 10.0 Å². The molecule has 0 spiro atoms. The maximum Gasteiger partial charge on any atom is 0.240 e. The zero-order valence-corrected chi connectivity index (χ0v) is 14.4. The van der Waals surface area contributed by atoms with Gasteiger partial charge in [0.25, 0.3) is 0 Å². The highest BCUT2D eigenvalue weighted by Gasteiger charge is 2.23. The zero-order valence-electron chi connectivity index (χ0n) is 12.1. The molecule has 8 heteroatoms. The first-order valence-corrected chi connectivity index (χ1v) is 8.97. The molecule has 1 atom stereocenters. The average molecular weight is 353 g/mol. The molecule has 0 aliphatic carbocycles. The minimum absolute atomic E-state index is 0.0281. The topological polar surface area (TPSA) is 66.5 Å². The monoisotopic (exact) mass is 352 g/mol. The normalized spacial score (nSPS) is 12.8. The van der Waals surface area contributed by atoms with Crippen molar-refractivity contribution in [3.05, 3.63) is 28.2 Å². The molecule has 0 aliphatic heterocycles. The third-order valence-corrected chi connectivity index (χ3v) is 4.55. The molecule has 0 aromatic heterocycles. The third kappa shape index (κ3) is 5.37. The number of anilines is 1. The van der Waals surface area contributed by atoms with Crippen molar-refractivity contribution in [3.8, 4) is 0 Å². The van der Waals surface area contributed by atoms with Gasteiger partial charge in [0, 0.05) is 11.1 Å². The largest absolute Gasteiger partial charge is 0.352 e. The number of halogens is 2. The summed E-state index contributed by atoms with van der Waals surface area (Å²) in [7, 11) is -3.65. The van der Waals surface area contributed by atoms with Gasteiger partial charge in [-0.05, 0) is 31.5 Å². The Hall–Kier alpha value is -0.980. The van der Waals surface area contributed by atoms with Gasteiger partial charge < -0.3 is 5.32 Å². The quantitative estimate of drug-likeness (QED) is 0.855. The van der Waals surface area contributed by atoms with Gasteiger partial charge in [0.05, 0.1) is 17.0 Å². The van der Waals surface area contributed by atoms with E-state index in [0.717, 1.165) is 17.0 Å². The second-order valence-corrected chi connectivity index (χ2v) is 7.49. The molecule has 0 bridgehead atoms. The van der Waals surface area contributed by atoms with Gasteiger partial charge in [-0.3, -0.25) is 9.10 Å². The Bertz CT molecular complexity index is 620. The lowest BCUT2D eigenvalue weighted by Crippen LogP contribution is -2.43. The minimum Gasteiger partial charge on any atom is -0.352 e. The summed E-state index contributed by atoms with van der Waals surface area (Å²) in [6, 6.07) is 4.40. The van der Waals surface area contributed by atoms with Crippen molar-refractivity contribution in [2.45, 2.75) is 26.3 Å². The number of rotatable bonds is 6. The van der Waals surface area contributed by atoms with Crippen LogP contribution in [-0.2, 0) is 14.8 Å². The van der Waals surface area contributed by atoms with Crippen LogP contribution in [0.4, 0.5) is 5.69 Å². The Balaban J connectivity index is 3.05. The Labute approximate surface area is 135 Å². The number of nitrogens with zero attached hydrogens (tertiary/aromatic N) is 1. The molecule has 0 saturated heterocycles. The standard InChI is InChI=1S/C13H18Cl2N2O3S/c1-4-9(2)16-13(18)8-17(21(3,19)20)12-6-5-10(14)7-11(12)15/h5-7,9H,4,8H2,1-3H3,(H,16,18)/t9-/m1/s1. The van der Waals surface area contributed by atoms with E-state index in [1.165, 1.54) is 18.2 Å². The maximum atomic E-state index is 11.9. The lowest BCUT2D eigenvalue weighted by molar-refractivity contribution is -0.120. The van der Waals surface area contributed by atoms with Crippen LogP contribution in [0, 0.1) is 0 Å². The molecule has 0 fully saturated rings. The lowest BCUT2D eigenvalue weighted by Gasteiger charge is -2.23. The van der Waals surface area contributed by atoms with E-state index in [-0.39, 0.29) is 29.2 Å². The highest BCUT2D eigenvalue weighted by molar-refractivity contribution is 7.92. The number of carbonyl (C=O) groups is 1. The van der Waals surface area contributed by atoms with Crippen molar-refractivity contribution >= 4 is 44.8 Å². The molecule has 1 rings (SSSR count). The molecule has 0 heterocycles. The van der Waals surface area contributed by atoms with Crippen LogP contribution in [0.3, 0.4) is 0 Å². The lowest BCUT2D eigenvalue weighted by atomic mass is 10.2. The van der Waals surface area contributed by atoms with Crippen molar-refractivity contribution in [1.29, 1.82) is 0 Å². The maximum absolute atomic E-state index is 11.9. The van der Waals surface area contributed by atoms with E-state index in [9.17, 15) is 13.2 Å². The van der Waals surface area contributed by atoms with Gasteiger partial charge in [0.2, 0.25) is 15.9 Å². The molecule has 1 amide bonds. The Morgan fingerprint density at radius 3 is 2.48 bits per heavy atom. The van der Waals surface area contributed by atoms with Crippen LogP contribution in [0.5, 0.6) is 0 Å². The fraction of sp³-hybridized carbons (Fsp3) is 0.462. The average Bonchev–Trinajstić information content (AvgIpc) is 2.35. The predicted molar refractivity (Wildman–Crippen MR) is 86.5 cm³/mol. The van der Waals surface area contributed by atoms with Gasteiger partial charge in [0.15, 0.2) is 0 Å². The minimum atomic E-state index is -3.65. The van der Waals surface area contributed by atoms with Crippen LogP contribution in [-0.4, -0.2) is 33.2 Å². The van der Waals surface area contributed by atoms with Gasteiger partial charge in [-0.15, -0.1) is 0 Å². The summed E-state index contributed by atoms with van der Waals surface area (Å²) in [4.78, 5) is 11.9. The molecule has 1 aromatic rings. The summed E-state index contributed by atoms with van der Waals surface area (Å²) in [6.07, 6.45) is 1.78. The molecule has 118 valence electrons. The van der Waals surface area contributed by atoms with Crippen LogP contribution in [0.25, 0.3) is 0 Å². The van der Waals surface area contributed by atoms with Crippen LogP contribution in [0.1, 0.15) is 20.3 Å². The number of hydrogen-bond donors (Lipinski definition) is 1. The molecule has 5 nitrogen and oxygen atoms in total. The number of hydrogen-bond acceptors (Lipinski definition) is 3. The summed E-state index contributed by atoms with van der Waals surface area (Å²) in [5, 5.41) is 3.28. The molecule has 0 radical (unpaired) electrons. The van der Waals surface area contributed by atoms with Gasteiger partial charge in [-0.25, -0.2) is 8.42 Å². The van der Waals surface area contributed by atoms with E-state index in [4.69, 9.17) is 23.2 Å². The second kappa shape index (κ2) is 7.33. The summed E-state index contributed by atoms with van der Waals surface area (Å²) >= 11 is 11.8. The third-order valence-electron chi connectivity index (χ3n) is 2.89. The van der Waals surface area contributed by atoms with Crippen molar-refractivity contribution in [2.75, 3.05) is 17.1 Å². The Kier molecular flexibility index (Phi) is 6.31. The van der Waals surface area contributed by atoms with Crippen LogP contribution < -0.4 is 9.62 Å². The van der Waals surface area contributed by atoms with Gasteiger partial charge in [-0.2, -0.15) is 0 Å². The van der Waals surface area contributed by atoms with Crippen molar-refractivity contribution < 1.29 is 13.2 Å². The van der Waals surface area contributed by atoms with E-state index < -0.39 is 10.0 Å². The molecular formula is C13H18Cl2N2O3S. The van der Waals surface area contributed by atoms with Gasteiger partial charge in [0.1, 0.15) is 6.54 Å². The molecular weight excluding hydrogens is 335 g/mol. The summed E-state index contributed by atoms with van der Waals surface area (Å²) < 4.78 is 24.8. The summed E-state index contributed by atoms with van der Waals surface area (Å²) in [6.45, 7) is 3.44. The fourth-order valence-electron chi connectivity index (χ4n) is 1.62. The van der Waals surface area contributed by atoms with E-state index in [1.54, 1.807) is 0 Å². The number of sulfonamides is 1. The first kappa shape index (κ1) is 18.1. The van der Waals surface area contributed by atoms with Crippen molar-refractivity contribution in [2.24, 2.45) is 0 Å². The highest BCUT2D eigenvalue weighted by Crippen LogP contribution is 2.30. The van der Waals surface area contributed by atoms with E-state index in [0.29, 0.717) is 5.02 Å². The van der Waals surface area contributed by atoms with Gasteiger partial charge in [-0.1, -0.05) is 30.1 Å². The number of carbonyl (C=O) groups excluding carboxylic acids is 1. The Morgan fingerprint density at radius 1 is 1.38 bits per heavy atom. The highest BCUT2D eigenvalue weighted by atomic mass is 35.5. The number of benzene rings is 1. The van der Waals surface area contributed by atoms with E-state index in [1.807, 2.05) is 13.8 Å². The predicted octanol–water partition coefficient (Wildman–Crippen LogP) is 2.67. The molecule has 0 aliphatic rings. The SMILES string of the molecule is CC[C@@H](C)NC(=O)CN(c1ccc(Cl)cc1Cl)S(C)(=O)=O. The molecule has 0 saturated carbocycles. The zero-order chi connectivity index (χ0) is 16.2.